The summed E-state index contributed by atoms with van der Waals surface area (Å²) in [6.45, 7) is 1.59. The number of nitrogens with zero attached hydrogens (tertiary/aromatic N) is 3. The first-order valence-electron chi connectivity index (χ1n) is 6.33. The number of aryl methyl sites for hydroxylation is 1. The summed E-state index contributed by atoms with van der Waals surface area (Å²) < 4.78 is 2.05. The third-order valence-corrected chi connectivity index (χ3v) is 3.69. The zero-order valence-electron chi connectivity index (χ0n) is 10.6. The highest BCUT2D eigenvalue weighted by Gasteiger charge is 2.28. The largest absolute Gasteiger partial charge is 0.334 e. The Morgan fingerprint density at radius 3 is 2.94 bits per heavy atom. The Hall–Kier alpha value is -1.81. The number of benzene rings is 1. The van der Waals surface area contributed by atoms with Gasteiger partial charge in [0, 0.05) is 32.5 Å². The van der Waals surface area contributed by atoms with Crippen LogP contribution in [0.2, 0.25) is 0 Å². The van der Waals surface area contributed by atoms with E-state index in [4.69, 9.17) is 5.73 Å². The maximum atomic E-state index is 5.99. The maximum absolute atomic E-state index is 5.99. The van der Waals surface area contributed by atoms with E-state index in [-0.39, 0.29) is 6.04 Å². The fourth-order valence-electron chi connectivity index (χ4n) is 2.78. The van der Waals surface area contributed by atoms with Gasteiger partial charge >= 0.3 is 0 Å². The standard InChI is InChI=1S/C14H18N4/c1-17-9-7-16-14(17)18-8-6-11-4-2-3-5-12(11)13(18)10-15/h2-5,7,9,13H,6,8,10,15H2,1H3. The predicted molar refractivity (Wildman–Crippen MR) is 72.5 cm³/mol. The molecule has 1 aliphatic heterocycles. The van der Waals surface area contributed by atoms with Gasteiger partial charge in [-0.1, -0.05) is 24.3 Å². The van der Waals surface area contributed by atoms with Gasteiger partial charge in [-0.15, -0.1) is 0 Å². The first kappa shape index (κ1) is 11.3. The van der Waals surface area contributed by atoms with Gasteiger partial charge in [-0.2, -0.15) is 0 Å². The number of anilines is 1. The SMILES string of the molecule is Cn1ccnc1N1CCc2ccccc2C1CN. The summed E-state index contributed by atoms with van der Waals surface area (Å²) in [5, 5.41) is 0. The highest BCUT2D eigenvalue weighted by atomic mass is 15.3. The highest BCUT2D eigenvalue weighted by Crippen LogP contribution is 2.31. The smallest absolute Gasteiger partial charge is 0.205 e. The van der Waals surface area contributed by atoms with Gasteiger partial charge in [0.25, 0.3) is 0 Å². The molecule has 2 N–H and O–H groups in total. The van der Waals surface area contributed by atoms with Crippen molar-refractivity contribution in [1.29, 1.82) is 0 Å². The molecule has 1 atom stereocenters. The Balaban J connectivity index is 2.02. The molecular weight excluding hydrogens is 224 g/mol. The second kappa shape index (κ2) is 4.46. The van der Waals surface area contributed by atoms with Crippen molar-refractivity contribution in [3.05, 3.63) is 47.8 Å². The van der Waals surface area contributed by atoms with Crippen LogP contribution in [0.15, 0.2) is 36.7 Å². The minimum Gasteiger partial charge on any atom is -0.334 e. The van der Waals surface area contributed by atoms with E-state index in [0.29, 0.717) is 6.54 Å². The Kier molecular flexibility index (Phi) is 2.80. The molecule has 0 fully saturated rings. The molecule has 0 radical (unpaired) electrons. The summed E-state index contributed by atoms with van der Waals surface area (Å²) in [7, 11) is 2.02. The summed E-state index contributed by atoms with van der Waals surface area (Å²) in [5.74, 6) is 1.000. The highest BCUT2D eigenvalue weighted by molar-refractivity contribution is 5.44. The van der Waals surface area contributed by atoms with Crippen LogP contribution in [-0.4, -0.2) is 22.6 Å². The minimum atomic E-state index is 0.232. The summed E-state index contributed by atoms with van der Waals surface area (Å²) in [5.41, 5.74) is 8.74. The molecule has 4 nitrogen and oxygen atoms in total. The van der Waals surface area contributed by atoms with Crippen molar-refractivity contribution in [2.24, 2.45) is 12.8 Å². The van der Waals surface area contributed by atoms with Gasteiger partial charge in [0.1, 0.15) is 0 Å². The summed E-state index contributed by atoms with van der Waals surface area (Å²) in [6, 6.07) is 8.80. The summed E-state index contributed by atoms with van der Waals surface area (Å²) in [6.07, 6.45) is 4.87. The third-order valence-electron chi connectivity index (χ3n) is 3.69. The first-order valence-corrected chi connectivity index (χ1v) is 6.33. The van der Waals surface area contributed by atoms with Gasteiger partial charge in [0.2, 0.25) is 5.95 Å². The molecule has 1 aromatic heterocycles. The second-order valence-corrected chi connectivity index (χ2v) is 4.73. The molecule has 4 heteroatoms. The molecule has 18 heavy (non-hydrogen) atoms. The molecule has 1 unspecified atom stereocenters. The van der Waals surface area contributed by atoms with Crippen LogP contribution in [0, 0.1) is 0 Å². The fourth-order valence-corrected chi connectivity index (χ4v) is 2.78. The van der Waals surface area contributed by atoms with Gasteiger partial charge in [-0.25, -0.2) is 4.98 Å². The van der Waals surface area contributed by atoms with Crippen molar-refractivity contribution in [3.8, 4) is 0 Å². The average molecular weight is 242 g/mol. The van der Waals surface area contributed by atoms with Crippen molar-refractivity contribution in [3.63, 3.8) is 0 Å². The monoisotopic (exact) mass is 242 g/mol. The minimum absolute atomic E-state index is 0.232. The Morgan fingerprint density at radius 2 is 2.22 bits per heavy atom. The van der Waals surface area contributed by atoms with E-state index in [1.165, 1.54) is 11.1 Å². The van der Waals surface area contributed by atoms with Crippen molar-refractivity contribution < 1.29 is 0 Å². The zero-order valence-corrected chi connectivity index (χ0v) is 10.6. The van der Waals surface area contributed by atoms with Crippen LogP contribution >= 0.6 is 0 Å². The van der Waals surface area contributed by atoms with Crippen LogP contribution in [0.5, 0.6) is 0 Å². The van der Waals surface area contributed by atoms with E-state index >= 15 is 0 Å². The second-order valence-electron chi connectivity index (χ2n) is 4.73. The number of imidazole rings is 1. The van der Waals surface area contributed by atoms with Gasteiger partial charge < -0.3 is 15.2 Å². The molecule has 0 amide bonds. The number of nitrogens with two attached hydrogens (primary N) is 1. The van der Waals surface area contributed by atoms with E-state index in [9.17, 15) is 0 Å². The Labute approximate surface area is 107 Å². The van der Waals surface area contributed by atoms with Crippen LogP contribution in [0.1, 0.15) is 17.2 Å². The molecule has 2 aromatic rings. The lowest BCUT2D eigenvalue weighted by Crippen LogP contribution is -2.40. The summed E-state index contributed by atoms with van der Waals surface area (Å²) >= 11 is 0. The van der Waals surface area contributed by atoms with Gasteiger partial charge in [-0.05, 0) is 17.5 Å². The van der Waals surface area contributed by atoms with Crippen LogP contribution in [0.3, 0.4) is 0 Å². The van der Waals surface area contributed by atoms with E-state index in [1.807, 2.05) is 19.4 Å². The Morgan fingerprint density at radius 1 is 1.39 bits per heavy atom. The van der Waals surface area contributed by atoms with Gasteiger partial charge in [0.05, 0.1) is 6.04 Å². The van der Waals surface area contributed by atoms with E-state index in [2.05, 4.69) is 38.7 Å². The molecule has 2 heterocycles. The molecule has 0 bridgehead atoms. The van der Waals surface area contributed by atoms with Gasteiger partial charge in [0.15, 0.2) is 0 Å². The van der Waals surface area contributed by atoms with Crippen LogP contribution in [0.25, 0.3) is 0 Å². The lowest BCUT2D eigenvalue weighted by Gasteiger charge is -2.37. The maximum Gasteiger partial charge on any atom is 0.205 e. The van der Waals surface area contributed by atoms with E-state index in [1.54, 1.807) is 0 Å². The molecule has 0 saturated heterocycles. The molecule has 94 valence electrons. The number of aromatic nitrogens is 2. The number of rotatable bonds is 2. The van der Waals surface area contributed by atoms with Crippen LogP contribution in [-0.2, 0) is 13.5 Å². The first-order chi connectivity index (χ1) is 8.81. The zero-order chi connectivity index (χ0) is 12.5. The van der Waals surface area contributed by atoms with E-state index in [0.717, 1.165) is 18.9 Å². The van der Waals surface area contributed by atoms with Gasteiger partial charge in [-0.3, -0.25) is 0 Å². The average Bonchev–Trinajstić information content (AvgIpc) is 2.83. The quantitative estimate of drug-likeness (QED) is 0.867. The number of fused-ring (bicyclic) bond motifs is 1. The van der Waals surface area contributed by atoms with Crippen molar-refractivity contribution >= 4 is 5.95 Å². The van der Waals surface area contributed by atoms with Crippen molar-refractivity contribution in [1.82, 2.24) is 9.55 Å². The lowest BCUT2D eigenvalue weighted by atomic mass is 9.93. The predicted octanol–water partition coefficient (Wildman–Crippen LogP) is 1.48. The van der Waals surface area contributed by atoms with Crippen LogP contribution in [0.4, 0.5) is 5.95 Å². The third kappa shape index (κ3) is 1.69. The molecule has 0 aliphatic carbocycles. The lowest BCUT2D eigenvalue weighted by molar-refractivity contribution is 0.568. The molecular formula is C14H18N4. The topological polar surface area (TPSA) is 47.1 Å². The number of hydrogen-bond acceptors (Lipinski definition) is 3. The molecule has 3 rings (SSSR count). The van der Waals surface area contributed by atoms with Crippen LogP contribution < -0.4 is 10.6 Å². The van der Waals surface area contributed by atoms with Crippen molar-refractivity contribution in [2.45, 2.75) is 12.5 Å². The molecule has 0 saturated carbocycles. The molecule has 1 aromatic carbocycles. The van der Waals surface area contributed by atoms with Crippen molar-refractivity contribution in [2.75, 3.05) is 18.0 Å². The Bertz CT molecular complexity index is 546. The normalized spacial score (nSPS) is 18.8. The fraction of sp³-hybridized carbons (Fsp3) is 0.357. The number of hydrogen-bond donors (Lipinski definition) is 1. The van der Waals surface area contributed by atoms with E-state index < -0.39 is 0 Å². The molecule has 0 spiro atoms. The summed E-state index contributed by atoms with van der Waals surface area (Å²) in [4.78, 5) is 6.75. The molecule has 1 aliphatic rings.